The Morgan fingerprint density at radius 1 is 1.00 bits per heavy atom. The molecule has 1 aromatic heterocycles. The summed E-state index contributed by atoms with van der Waals surface area (Å²) in [6.07, 6.45) is -4.47. The van der Waals surface area contributed by atoms with Crippen molar-refractivity contribution in [3.05, 3.63) is 100 Å². The summed E-state index contributed by atoms with van der Waals surface area (Å²) in [6.45, 7) is -0.645. The zero-order valence-corrected chi connectivity index (χ0v) is 17.5. The van der Waals surface area contributed by atoms with Gasteiger partial charge in [0.1, 0.15) is 13.2 Å². The lowest BCUT2D eigenvalue weighted by molar-refractivity contribution is -0.137. The maximum atomic E-state index is 12.9. The highest BCUT2D eigenvalue weighted by Crippen LogP contribution is 2.32. The minimum absolute atomic E-state index is 0.102. The van der Waals surface area contributed by atoms with Gasteiger partial charge < -0.3 is 4.74 Å². The first-order chi connectivity index (χ1) is 16.3. The number of carbonyl (C=O) groups excluding carboxylic acids is 1. The van der Waals surface area contributed by atoms with E-state index in [4.69, 9.17) is 10.00 Å². The van der Waals surface area contributed by atoms with Gasteiger partial charge in [-0.05, 0) is 41.5 Å². The van der Waals surface area contributed by atoms with Crippen LogP contribution in [0.15, 0.2) is 77.6 Å². The third-order valence-corrected chi connectivity index (χ3v) is 5.17. The second-order valence-electron chi connectivity index (χ2n) is 7.29. The number of alkyl halides is 3. The van der Waals surface area contributed by atoms with Crippen LogP contribution in [0.3, 0.4) is 0 Å². The standard InChI is InChI=1S/C25H16F3N3O3/c26-25(27,28)17-11-9-16(10-12-17)18-5-1-2-6-19(18)24(33)34-15-22-30-21-8-4-3-7-20(21)23(32)31(22)14-13-29/h1-12H,14-15H2. The van der Waals surface area contributed by atoms with Gasteiger partial charge in [-0.1, -0.05) is 42.5 Å². The Morgan fingerprint density at radius 2 is 1.68 bits per heavy atom. The Kier molecular flexibility index (Phi) is 6.15. The molecule has 34 heavy (non-hydrogen) atoms. The predicted octanol–water partition coefficient (Wildman–Crippen LogP) is 4.96. The number of hydrogen-bond donors (Lipinski definition) is 0. The van der Waals surface area contributed by atoms with Crippen molar-refractivity contribution < 1.29 is 22.7 Å². The maximum absolute atomic E-state index is 12.9. The van der Waals surface area contributed by atoms with Crippen LogP contribution in [0.25, 0.3) is 22.0 Å². The monoisotopic (exact) mass is 463 g/mol. The fourth-order valence-corrected chi connectivity index (χ4v) is 3.52. The number of benzene rings is 3. The lowest BCUT2D eigenvalue weighted by atomic mass is 9.98. The number of nitrogens with zero attached hydrogens (tertiary/aromatic N) is 3. The molecule has 9 heteroatoms. The van der Waals surface area contributed by atoms with Crippen LogP contribution >= 0.6 is 0 Å². The molecule has 0 bridgehead atoms. The van der Waals surface area contributed by atoms with Gasteiger partial charge in [0.15, 0.2) is 5.82 Å². The third kappa shape index (κ3) is 4.52. The van der Waals surface area contributed by atoms with Crippen molar-refractivity contribution in [2.75, 3.05) is 0 Å². The van der Waals surface area contributed by atoms with Crippen LogP contribution in [0.5, 0.6) is 0 Å². The quantitative estimate of drug-likeness (QED) is 0.391. The summed E-state index contributed by atoms with van der Waals surface area (Å²) in [5.74, 6) is -0.646. The molecule has 0 amide bonds. The number of nitriles is 1. The van der Waals surface area contributed by atoms with Crippen molar-refractivity contribution in [3.8, 4) is 17.2 Å². The Hall–Kier alpha value is -4.45. The number of ether oxygens (including phenoxy) is 1. The fraction of sp³-hybridized carbons (Fsp3) is 0.120. The summed E-state index contributed by atoms with van der Waals surface area (Å²) < 4.78 is 45.2. The van der Waals surface area contributed by atoms with E-state index in [0.29, 0.717) is 22.0 Å². The summed E-state index contributed by atoms with van der Waals surface area (Å²) >= 11 is 0. The van der Waals surface area contributed by atoms with Crippen LogP contribution in [0, 0.1) is 11.3 Å². The lowest BCUT2D eigenvalue weighted by Gasteiger charge is -2.13. The lowest BCUT2D eigenvalue weighted by Crippen LogP contribution is -2.26. The molecule has 0 unspecified atom stereocenters. The van der Waals surface area contributed by atoms with Crippen molar-refractivity contribution in [2.45, 2.75) is 19.3 Å². The van der Waals surface area contributed by atoms with E-state index in [1.54, 1.807) is 42.5 Å². The Labute approximate surface area is 191 Å². The molecular formula is C25H16F3N3O3. The van der Waals surface area contributed by atoms with E-state index in [1.807, 2.05) is 6.07 Å². The molecule has 0 aliphatic carbocycles. The average Bonchev–Trinajstić information content (AvgIpc) is 2.84. The molecule has 1 heterocycles. The van der Waals surface area contributed by atoms with Gasteiger partial charge in [0.05, 0.1) is 28.1 Å². The van der Waals surface area contributed by atoms with Crippen molar-refractivity contribution in [1.29, 1.82) is 5.26 Å². The van der Waals surface area contributed by atoms with E-state index in [2.05, 4.69) is 4.98 Å². The zero-order valence-electron chi connectivity index (χ0n) is 17.5. The van der Waals surface area contributed by atoms with Gasteiger partial charge in [-0.2, -0.15) is 18.4 Å². The smallest absolute Gasteiger partial charge is 0.416 e. The summed E-state index contributed by atoms with van der Waals surface area (Å²) in [5.41, 5.74) is 0.112. The minimum atomic E-state index is -4.47. The van der Waals surface area contributed by atoms with Crippen LogP contribution in [-0.4, -0.2) is 15.5 Å². The van der Waals surface area contributed by atoms with Crippen LogP contribution in [0.2, 0.25) is 0 Å². The minimum Gasteiger partial charge on any atom is -0.454 e. The molecule has 3 aromatic carbocycles. The summed E-state index contributed by atoms with van der Waals surface area (Å²) in [4.78, 5) is 30.0. The van der Waals surface area contributed by atoms with Gasteiger partial charge in [0, 0.05) is 0 Å². The van der Waals surface area contributed by atoms with Crippen LogP contribution in [0.4, 0.5) is 13.2 Å². The second-order valence-corrected chi connectivity index (χ2v) is 7.29. The number of rotatable bonds is 5. The Bertz CT molecular complexity index is 1470. The molecule has 0 saturated heterocycles. The highest BCUT2D eigenvalue weighted by molar-refractivity contribution is 5.97. The number of para-hydroxylation sites is 1. The molecule has 0 fully saturated rings. The van der Waals surface area contributed by atoms with Gasteiger partial charge >= 0.3 is 12.1 Å². The topological polar surface area (TPSA) is 85.0 Å². The number of esters is 1. The number of halogens is 3. The summed E-state index contributed by atoms with van der Waals surface area (Å²) in [6, 6.07) is 19.3. The first-order valence-corrected chi connectivity index (χ1v) is 10.1. The molecule has 170 valence electrons. The average molecular weight is 463 g/mol. The van der Waals surface area contributed by atoms with Gasteiger partial charge in [0.25, 0.3) is 5.56 Å². The zero-order chi connectivity index (χ0) is 24.3. The third-order valence-electron chi connectivity index (χ3n) is 5.17. The van der Waals surface area contributed by atoms with Gasteiger partial charge in [0.2, 0.25) is 0 Å². The molecule has 0 spiro atoms. The van der Waals surface area contributed by atoms with Crippen molar-refractivity contribution >= 4 is 16.9 Å². The van der Waals surface area contributed by atoms with Crippen LogP contribution in [0.1, 0.15) is 21.7 Å². The number of carbonyl (C=O) groups is 1. The van der Waals surface area contributed by atoms with Gasteiger partial charge in [-0.25, -0.2) is 9.78 Å². The molecule has 0 radical (unpaired) electrons. The molecular weight excluding hydrogens is 447 g/mol. The van der Waals surface area contributed by atoms with E-state index in [9.17, 15) is 22.8 Å². The number of aromatic nitrogens is 2. The van der Waals surface area contributed by atoms with Gasteiger partial charge in [-0.3, -0.25) is 9.36 Å². The van der Waals surface area contributed by atoms with E-state index in [0.717, 1.165) is 16.7 Å². The van der Waals surface area contributed by atoms with E-state index < -0.39 is 23.3 Å². The fourth-order valence-electron chi connectivity index (χ4n) is 3.52. The molecule has 0 atom stereocenters. The predicted molar refractivity (Wildman–Crippen MR) is 118 cm³/mol. The number of hydrogen-bond acceptors (Lipinski definition) is 5. The van der Waals surface area contributed by atoms with Crippen molar-refractivity contribution in [1.82, 2.24) is 9.55 Å². The van der Waals surface area contributed by atoms with Crippen molar-refractivity contribution in [3.63, 3.8) is 0 Å². The second kappa shape index (κ2) is 9.19. The highest BCUT2D eigenvalue weighted by atomic mass is 19.4. The van der Waals surface area contributed by atoms with Crippen LogP contribution < -0.4 is 5.56 Å². The van der Waals surface area contributed by atoms with Crippen LogP contribution in [-0.2, 0) is 24.1 Å². The molecule has 0 saturated carbocycles. The molecule has 4 aromatic rings. The normalized spacial score (nSPS) is 11.2. The first kappa shape index (κ1) is 22.7. The largest absolute Gasteiger partial charge is 0.454 e. The highest BCUT2D eigenvalue weighted by Gasteiger charge is 2.30. The maximum Gasteiger partial charge on any atom is 0.416 e. The van der Waals surface area contributed by atoms with E-state index in [1.165, 1.54) is 18.2 Å². The molecule has 4 rings (SSSR count). The van der Waals surface area contributed by atoms with E-state index in [-0.39, 0.29) is 24.5 Å². The summed E-state index contributed by atoms with van der Waals surface area (Å²) in [7, 11) is 0. The molecule has 6 nitrogen and oxygen atoms in total. The summed E-state index contributed by atoms with van der Waals surface area (Å²) in [5, 5.41) is 9.45. The first-order valence-electron chi connectivity index (χ1n) is 10.1. The Morgan fingerprint density at radius 3 is 2.38 bits per heavy atom. The molecule has 0 N–H and O–H groups in total. The van der Waals surface area contributed by atoms with Gasteiger partial charge in [-0.15, -0.1) is 0 Å². The SMILES string of the molecule is N#CCn1c(COC(=O)c2ccccc2-c2ccc(C(F)(F)F)cc2)nc2ccccc2c1=O. The van der Waals surface area contributed by atoms with E-state index >= 15 is 0 Å². The van der Waals surface area contributed by atoms with Crippen molar-refractivity contribution in [2.24, 2.45) is 0 Å². The number of fused-ring (bicyclic) bond motifs is 1. The molecule has 0 aliphatic heterocycles. The Balaban J connectivity index is 1.63. The molecule has 0 aliphatic rings.